The number of unbranched alkanes of at least 4 members (excludes halogenated alkanes) is 1. The van der Waals surface area contributed by atoms with E-state index in [4.69, 9.17) is 22.7 Å². The van der Waals surface area contributed by atoms with Gasteiger partial charge in [-0.2, -0.15) is 0 Å². The molecule has 0 aromatic rings. The molecule has 0 bridgehead atoms. The lowest BCUT2D eigenvalue weighted by Gasteiger charge is -2.43. The van der Waals surface area contributed by atoms with E-state index in [0.717, 1.165) is 52.4 Å². The van der Waals surface area contributed by atoms with Gasteiger partial charge in [0.1, 0.15) is 0 Å². The highest BCUT2D eigenvalue weighted by Gasteiger charge is 2.31. The predicted octanol–water partition coefficient (Wildman–Crippen LogP) is 1.49. The van der Waals surface area contributed by atoms with E-state index in [1.165, 1.54) is 6.42 Å². The van der Waals surface area contributed by atoms with Gasteiger partial charge in [0, 0.05) is 39.3 Å². The van der Waals surface area contributed by atoms with Crippen molar-refractivity contribution in [3.05, 3.63) is 0 Å². The van der Waals surface area contributed by atoms with Crippen LogP contribution in [0.4, 0.5) is 0 Å². The first-order valence-electron chi connectivity index (χ1n) is 7.33. The van der Waals surface area contributed by atoms with Crippen molar-refractivity contribution in [3.8, 4) is 0 Å². The molecule has 0 radical (unpaired) electrons. The van der Waals surface area contributed by atoms with E-state index in [1.807, 2.05) is 0 Å². The zero-order chi connectivity index (χ0) is 14.3. The minimum atomic E-state index is -0.168. The quantitative estimate of drug-likeness (QED) is 0.541. The first-order valence-corrected chi connectivity index (χ1v) is 7.74. The van der Waals surface area contributed by atoms with Gasteiger partial charge >= 0.3 is 0 Å². The molecule has 0 atom stereocenters. The summed E-state index contributed by atoms with van der Waals surface area (Å²) in [7, 11) is 0. The summed E-state index contributed by atoms with van der Waals surface area (Å²) in [5, 5.41) is 0. The van der Waals surface area contributed by atoms with Crippen molar-refractivity contribution in [2.24, 2.45) is 5.73 Å². The molecule has 4 nitrogen and oxygen atoms in total. The van der Waals surface area contributed by atoms with Crippen LogP contribution in [0, 0.1) is 0 Å². The molecule has 1 aliphatic heterocycles. The molecule has 112 valence electrons. The minimum absolute atomic E-state index is 0.168. The first kappa shape index (κ1) is 16.8. The molecule has 0 spiro atoms. The molecule has 0 unspecified atom stereocenters. The lowest BCUT2D eigenvalue weighted by molar-refractivity contribution is 0.0551. The average molecular weight is 287 g/mol. The molecule has 0 aromatic carbocycles. The van der Waals surface area contributed by atoms with Crippen LogP contribution in [0.25, 0.3) is 0 Å². The summed E-state index contributed by atoms with van der Waals surface area (Å²) >= 11 is 5.15. The van der Waals surface area contributed by atoms with Crippen LogP contribution in [-0.2, 0) is 4.74 Å². The average Bonchev–Trinajstić information content (AvgIpc) is 2.39. The van der Waals surface area contributed by atoms with Crippen molar-refractivity contribution in [2.75, 3.05) is 45.9 Å². The number of hydrogen-bond acceptors (Lipinski definition) is 4. The summed E-state index contributed by atoms with van der Waals surface area (Å²) < 4.78 is 5.61. The predicted molar refractivity (Wildman–Crippen MR) is 84.6 cm³/mol. The van der Waals surface area contributed by atoms with Crippen molar-refractivity contribution in [3.63, 3.8) is 0 Å². The molecular formula is C14H29N3OS. The van der Waals surface area contributed by atoms with Crippen molar-refractivity contribution < 1.29 is 4.74 Å². The van der Waals surface area contributed by atoms with E-state index in [2.05, 4.69) is 30.6 Å². The maximum absolute atomic E-state index is 5.82. The van der Waals surface area contributed by atoms with Crippen LogP contribution in [0.2, 0.25) is 0 Å². The smallest absolute Gasteiger partial charge is 0.0928 e. The molecule has 0 aromatic heterocycles. The number of nitrogens with two attached hydrogens (primary N) is 1. The molecule has 1 heterocycles. The van der Waals surface area contributed by atoms with Crippen LogP contribution in [-0.4, -0.2) is 66.3 Å². The van der Waals surface area contributed by atoms with E-state index >= 15 is 0 Å². The SMILES string of the molecule is CCCCOCCN1CCN(C(C)(C)C(N)=S)CC1. The highest BCUT2D eigenvalue weighted by Crippen LogP contribution is 2.17. The molecule has 1 rings (SSSR count). The third-order valence-electron chi connectivity index (χ3n) is 3.96. The topological polar surface area (TPSA) is 41.7 Å². The Morgan fingerprint density at radius 3 is 2.37 bits per heavy atom. The number of hydrogen-bond donors (Lipinski definition) is 1. The molecule has 2 N–H and O–H groups in total. The summed E-state index contributed by atoms with van der Waals surface area (Å²) in [6.45, 7) is 13.4. The normalized spacial score (nSPS) is 18.7. The van der Waals surface area contributed by atoms with Crippen LogP contribution in [0.5, 0.6) is 0 Å². The molecule has 5 heteroatoms. The van der Waals surface area contributed by atoms with Crippen LogP contribution in [0.1, 0.15) is 33.6 Å². The van der Waals surface area contributed by atoms with Gasteiger partial charge in [-0.15, -0.1) is 0 Å². The van der Waals surface area contributed by atoms with E-state index in [-0.39, 0.29) is 5.54 Å². The highest BCUT2D eigenvalue weighted by molar-refractivity contribution is 7.80. The maximum atomic E-state index is 5.82. The first-order chi connectivity index (χ1) is 8.98. The summed E-state index contributed by atoms with van der Waals surface area (Å²) in [5.41, 5.74) is 5.65. The van der Waals surface area contributed by atoms with E-state index in [1.54, 1.807) is 0 Å². The van der Waals surface area contributed by atoms with Gasteiger partial charge in [-0.05, 0) is 20.3 Å². The van der Waals surface area contributed by atoms with Crippen LogP contribution < -0.4 is 5.73 Å². The van der Waals surface area contributed by atoms with Gasteiger partial charge in [0.2, 0.25) is 0 Å². The van der Waals surface area contributed by atoms with Gasteiger partial charge in [-0.3, -0.25) is 9.80 Å². The van der Waals surface area contributed by atoms with Gasteiger partial charge in [-0.1, -0.05) is 25.6 Å². The largest absolute Gasteiger partial charge is 0.392 e. The summed E-state index contributed by atoms with van der Waals surface area (Å²) in [5.74, 6) is 0. The Hall–Kier alpha value is -0.230. The second-order valence-electron chi connectivity index (χ2n) is 5.72. The highest BCUT2D eigenvalue weighted by atomic mass is 32.1. The van der Waals surface area contributed by atoms with Crippen molar-refractivity contribution >= 4 is 17.2 Å². The number of nitrogens with zero attached hydrogens (tertiary/aromatic N) is 2. The Bertz CT molecular complexity index is 276. The van der Waals surface area contributed by atoms with Crippen molar-refractivity contribution in [1.82, 2.24) is 9.80 Å². The Labute approximate surface area is 123 Å². The Kier molecular flexibility index (Phi) is 7.21. The lowest BCUT2D eigenvalue weighted by atomic mass is 10.0. The summed E-state index contributed by atoms with van der Waals surface area (Å²) in [4.78, 5) is 5.42. The Balaban J connectivity index is 2.20. The second kappa shape index (κ2) is 8.15. The van der Waals surface area contributed by atoms with Crippen LogP contribution in [0.3, 0.4) is 0 Å². The number of thiocarbonyl (C=S) groups is 1. The molecule has 19 heavy (non-hydrogen) atoms. The van der Waals surface area contributed by atoms with Gasteiger partial charge in [0.15, 0.2) is 0 Å². The zero-order valence-electron chi connectivity index (χ0n) is 12.7. The molecule has 1 saturated heterocycles. The maximum Gasteiger partial charge on any atom is 0.0928 e. The molecule has 0 amide bonds. The Morgan fingerprint density at radius 1 is 1.21 bits per heavy atom. The lowest BCUT2D eigenvalue weighted by Crippen LogP contribution is -2.59. The second-order valence-corrected chi connectivity index (χ2v) is 6.16. The van der Waals surface area contributed by atoms with Crippen molar-refractivity contribution in [2.45, 2.75) is 39.2 Å². The molecular weight excluding hydrogens is 258 g/mol. The Morgan fingerprint density at radius 2 is 1.84 bits per heavy atom. The fourth-order valence-corrected chi connectivity index (χ4v) is 2.36. The van der Waals surface area contributed by atoms with Gasteiger partial charge in [0.25, 0.3) is 0 Å². The van der Waals surface area contributed by atoms with Crippen molar-refractivity contribution in [1.29, 1.82) is 0 Å². The summed E-state index contributed by atoms with van der Waals surface area (Å²) in [6.07, 6.45) is 2.36. The van der Waals surface area contributed by atoms with Crippen LogP contribution in [0.15, 0.2) is 0 Å². The van der Waals surface area contributed by atoms with Gasteiger partial charge in [-0.25, -0.2) is 0 Å². The number of rotatable bonds is 8. The van der Waals surface area contributed by atoms with E-state index in [9.17, 15) is 0 Å². The zero-order valence-corrected chi connectivity index (χ0v) is 13.5. The molecule has 1 fully saturated rings. The summed E-state index contributed by atoms with van der Waals surface area (Å²) in [6, 6.07) is 0. The molecule has 0 saturated carbocycles. The fourth-order valence-electron chi connectivity index (χ4n) is 2.23. The third-order valence-corrected chi connectivity index (χ3v) is 4.46. The molecule has 0 aliphatic carbocycles. The van der Waals surface area contributed by atoms with E-state index in [0.29, 0.717) is 4.99 Å². The number of piperazine rings is 1. The monoisotopic (exact) mass is 287 g/mol. The van der Waals surface area contributed by atoms with Crippen LogP contribution >= 0.6 is 12.2 Å². The number of ether oxygens (including phenoxy) is 1. The third kappa shape index (κ3) is 5.34. The standard InChI is InChI=1S/C14H29N3OS/c1-4-5-11-18-12-10-16-6-8-17(9-7-16)14(2,3)13(15)19/h4-12H2,1-3H3,(H2,15,19). The molecule has 1 aliphatic rings. The fraction of sp³-hybridized carbons (Fsp3) is 0.929. The van der Waals surface area contributed by atoms with Gasteiger partial charge in [0.05, 0.1) is 17.1 Å². The van der Waals surface area contributed by atoms with Gasteiger partial charge < -0.3 is 10.5 Å². The van der Waals surface area contributed by atoms with E-state index < -0.39 is 0 Å². The minimum Gasteiger partial charge on any atom is -0.392 e.